The van der Waals surface area contributed by atoms with Crippen LogP contribution in [0.15, 0.2) is 0 Å². The number of hydrogen-bond donors (Lipinski definition) is 4. The van der Waals surface area contributed by atoms with Crippen molar-refractivity contribution >= 4 is 11.9 Å². The highest BCUT2D eigenvalue weighted by Crippen LogP contribution is 2.16. The third-order valence-electron chi connectivity index (χ3n) is 3.46. The van der Waals surface area contributed by atoms with Gasteiger partial charge in [0.15, 0.2) is 0 Å². The average molecular weight is 285 g/mol. The number of hydrogen-bond acceptors (Lipinski definition) is 3. The molecule has 20 heavy (non-hydrogen) atoms. The molecular formula is C14H27N3O3. The lowest BCUT2D eigenvalue weighted by Crippen LogP contribution is -2.43. The lowest BCUT2D eigenvalue weighted by molar-refractivity contribution is -0.121. The fourth-order valence-corrected chi connectivity index (χ4v) is 2.33. The summed E-state index contributed by atoms with van der Waals surface area (Å²) in [7, 11) is 0. The summed E-state index contributed by atoms with van der Waals surface area (Å²) < 4.78 is 0. The Kier molecular flexibility index (Phi) is 8.78. The van der Waals surface area contributed by atoms with Crippen molar-refractivity contribution < 1.29 is 14.7 Å². The number of rotatable bonds is 8. The molecule has 6 nitrogen and oxygen atoms in total. The molecule has 0 radical (unpaired) electrons. The fraction of sp³-hybridized carbons (Fsp3) is 0.857. The summed E-state index contributed by atoms with van der Waals surface area (Å²) in [6.07, 6.45) is 7.40. The van der Waals surface area contributed by atoms with Crippen LogP contribution in [0.1, 0.15) is 51.4 Å². The van der Waals surface area contributed by atoms with Crippen molar-refractivity contribution in [1.29, 1.82) is 0 Å². The molecular weight excluding hydrogens is 258 g/mol. The Balaban J connectivity index is 1.97. The largest absolute Gasteiger partial charge is 0.396 e. The first-order valence-electron chi connectivity index (χ1n) is 7.64. The van der Waals surface area contributed by atoms with Crippen LogP contribution < -0.4 is 16.0 Å². The Bertz CT molecular complexity index is 291. The summed E-state index contributed by atoms with van der Waals surface area (Å²) in [4.78, 5) is 23.0. The van der Waals surface area contributed by atoms with E-state index in [9.17, 15) is 9.59 Å². The molecule has 0 unspecified atom stereocenters. The van der Waals surface area contributed by atoms with Crippen LogP contribution in [0.4, 0.5) is 4.79 Å². The van der Waals surface area contributed by atoms with Gasteiger partial charge in [-0.25, -0.2) is 4.79 Å². The third-order valence-corrected chi connectivity index (χ3v) is 3.46. The van der Waals surface area contributed by atoms with Gasteiger partial charge in [-0.1, -0.05) is 19.3 Å². The second kappa shape index (κ2) is 10.5. The molecule has 4 N–H and O–H groups in total. The van der Waals surface area contributed by atoms with Gasteiger partial charge in [0.1, 0.15) is 0 Å². The highest BCUT2D eigenvalue weighted by molar-refractivity contribution is 5.76. The second-order valence-corrected chi connectivity index (χ2v) is 5.27. The van der Waals surface area contributed by atoms with Gasteiger partial charge in [-0.2, -0.15) is 0 Å². The first kappa shape index (κ1) is 16.8. The molecule has 0 heterocycles. The summed E-state index contributed by atoms with van der Waals surface area (Å²) in [5, 5.41) is 17.0. The Morgan fingerprint density at radius 2 is 1.70 bits per heavy atom. The normalized spacial score (nSPS) is 15.7. The van der Waals surface area contributed by atoms with E-state index in [0.29, 0.717) is 38.4 Å². The Morgan fingerprint density at radius 1 is 1.00 bits per heavy atom. The summed E-state index contributed by atoms with van der Waals surface area (Å²) >= 11 is 0. The van der Waals surface area contributed by atoms with E-state index < -0.39 is 0 Å². The van der Waals surface area contributed by atoms with Gasteiger partial charge in [-0.3, -0.25) is 4.79 Å². The van der Waals surface area contributed by atoms with Gasteiger partial charge in [0.2, 0.25) is 5.91 Å². The molecule has 0 aromatic carbocycles. The summed E-state index contributed by atoms with van der Waals surface area (Å²) in [6.45, 7) is 1.10. The Hall–Kier alpha value is -1.30. The molecule has 1 aliphatic carbocycles. The van der Waals surface area contributed by atoms with Gasteiger partial charge < -0.3 is 21.1 Å². The molecule has 1 aliphatic rings. The van der Waals surface area contributed by atoms with E-state index in [1.165, 1.54) is 19.3 Å². The highest BCUT2D eigenvalue weighted by Gasteiger charge is 2.15. The minimum absolute atomic E-state index is 0.0343. The predicted octanol–water partition coefficient (Wildman–Crippen LogP) is 0.897. The molecule has 0 spiro atoms. The average Bonchev–Trinajstić information content (AvgIpc) is 2.45. The van der Waals surface area contributed by atoms with Crippen molar-refractivity contribution in [3.8, 4) is 0 Å². The third kappa shape index (κ3) is 7.99. The molecule has 3 amide bonds. The van der Waals surface area contributed by atoms with Crippen LogP contribution >= 0.6 is 0 Å². The van der Waals surface area contributed by atoms with Crippen molar-refractivity contribution in [3.63, 3.8) is 0 Å². The number of aliphatic hydroxyl groups excluding tert-OH is 1. The predicted molar refractivity (Wildman–Crippen MR) is 77.4 cm³/mol. The maximum Gasteiger partial charge on any atom is 0.315 e. The number of amides is 3. The van der Waals surface area contributed by atoms with Gasteiger partial charge in [-0.05, 0) is 25.7 Å². The molecule has 0 saturated heterocycles. The maximum atomic E-state index is 11.6. The molecule has 1 fully saturated rings. The van der Waals surface area contributed by atoms with E-state index in [1.54, 1.807) is 0 Å². The summed E-state index contributed by atoms with van der Waals surface area (Å²) in [6, 6.07) is 0.183. The van der Waals surface area contributed by atoms with E-state index >= 15 is 0 Å². The molecule has 0 bridgehead atoms. The zero-order chi connectivity index (χ0) is 14.6. The van der Waals surface area contributed by atoms with E-state index in [2.05, 4.69) is 16.0 Å². The molecule has 0 aliphatic heterocycles. The maximum absolute atomic E-state index is 11.6. The SMILES string of the molecule is O=C(CCCNC(=O)NC1CCCCC1)NCCCO. The Labute approximate surface area is 120 Å². The quantitative estimate of drug-likeness (QED) is 0.499. The number of carbonyl (C=O) groups is 2. The van der Waals surface area contributed by atoms with Crippen molar-refractivity contribution in [1.82, 2.24) is 16.0 Å². The van der Waals surface area contributed by atoms with E-state index in [4.69, 9.17) is 5.11 Å². The molecule has 116 valence electrons. The standard InChI is InChI=1S/C14H27N3O3/c18-11-5-10-15-13(19)8-4-9-16-14(20)17-12-6-2-1-3-7-12/h12,18H,1-11H2,(H,15,19)(H2,16,17,20). The molecule has 6 heteroatoms. The minimum atomic E-state index is -0.127. The number of aliphatic hydroxyl groups is 1. The van der Waals surface area contributed by atoms with Crippen molar-refractivity contribution in [3.05, 3.63) is 0 Å². The van der Waals surface area contributed by atoms with Crippen LogP contribution in [-0.4, -0.2) is 42.8 Å². The highest BCUT2D eigenvalue weighted by atomic mass is 16.3. The number of urea groups is 1. The van der Waals surface area contributed by atoms with Gasteiger partial charge >= 0.3 is 6.03 Å². The lowest BCUT2D eigenvalue weighted by atomic mass is 9.96. The molecule has 0 atom stereocenters. The van der Waals surface area contributed by atoms with Gasteiger partial charge in [0, 0.05) is 32.2 Å². The number of nitrogens with one attached hydrogen (secondary N) is 3. The zero-order valence-corrected chi connectivity index (χ0v) is 12.1. The van der Waals surface area contributed by atoms with Crippen LogP contribution in [0.25, 0.3) is 0 Å². The van der Waals surface area contributed by atoms with Crippen molar-refractivity contribution in [2.75, 3.05) is 19.7 Å². The summed E-state index contributed by atoms with van der Waals surface area (Å²) in [5.41, 5.74) is 0. The minimum Gasteiger partial charge on any atom is -0.396 e. The Morgan fingerprint density at radius 3 is 2.40 bits per heavy atom. The first-order valence-corrected chi connectivity index (χ1v) is 7.64. The topological polar surface area (TPSA) is 90.5 Å². The fourth-order valence-electron chi connectivity index (χ4n) is 2.33. The monoisotopic (exact) mass is 285 g/mol. The van der Waals surface area contributed by atoms with Gasteiger partial charge in [-0.15, -0.1) is 0 Å². The zero-order valence-electron chi connectivity index (χ0n) is 12.1. The summed E-state index contributed by atoms with van der Waals surface area (Å²) in [5.74, 6) is -0.0343. The van der Waals surface area contributed by atoms with E-state index in [0.717, 1.165) is 12.8 Å². The van der Waals surface area contributed by atoms with Crippen LogP contribution in [-0.2, 0) is 4.79 Å². The lowest BCUT2D eigenvalue weighted by Gasteiger charge is -2.22. The molecule has 0 aromatic rings. The van der Waals surface area contributed by atoms with Gasteiger partial charge in [0.25, 0.3) is 0 Å². The smallest absolute Gasteiger partial charge is 0.315 e. The van der Waals surface area contributed by atoms with Crippen molar-refractivity contribution in [2.45, 2.75) is 57.4 Å². The van der Waals surface area contributed by atoms with Crippen molar-refractivity contribution in [2.24, 2.45) is 0 Å². The second-order valence-electron chi connectivity index (χ2n) is 5.27. The van der Waals surface area contributed by atoms with Crippen LogP contribution in [0.2, 0.25) is 0 Å². The molecule has 1 saturated carbocycles. The van der Waals surface area contributed by atoms with Crippen LogP contribution in [0.3, 0.4) is 0 Å². The van der Waals surface area contributed by atoms with E-state index in [1.807, 2.05) is 0 Å². The molecule has 1 rings (SSSR count). The van der Waals surface area contributed by atoms with Gasteiger partial charge in [0.05, 0.1) is 0 Å². The first-order chi connectivity index (χ1) is 9.72. The van der Waals surface area contributed by atoms with E-state index in [-0.39, 0.29) is 18.5 Å². The molecule has 0 aromatic heterocycles. The van der Waals surface area contributed by atoms with Crippen LogP contribution in [0.5, 0.6) is 0 Å². The number of carbonyl (C=O) groups excluding carboxylic acids is 2. The van der Waals surface area contributed by atoms with Crippen LogP contribution in [0, 0.1) is 0 Å².